The maximum absolute atomic E-state index is 12.7. The molecular formula is C23H24N4O4. The number of carbonyl (C=O) groups is 2. The van der Waals surface area contributed by atoms with Gasteiger partial charge in [-0.05, 0) is 43.7 Å². The first-order valence-corrected chi connectivity index (χ1v) is 9.77. The van der Waals surface area contributed by atoms with Crippen molar-refractivity contribution < 1.29 is 18.4 Å². The van der Waals surface area contributed by atoms with Crippen LogP contribution in [0.3, 0.4) is 0 Å². The van der Waals surface area contributed by atoms with E-state index in [0.29, 0.717) is 35.5 Å². The molecule has 8 nitrogen and oxygen atoms in total. The first kappa shape index (κ1) is 21.9. The predicted molar refractivity (Wildman–Crippen MR) is 114 cm³/mol. The third-order valence-corrected chi connectivity index (χ3v) is 4.93. The second-order valence-electron chi connectivity index (χ2n) is 7.15. The van der Waals surface area contributed by atoms with Crippen LogP contribution in [0.15, 0.2) is 51.5 Å². The topological polar surface area (TPSA) is 112 Å². The van der Waals surface area contributed by atoms with Gasteiger partial charge in [0.05, 0.1) is 19.4 Å². The van der Waals surface area contributed by atoms with Gasteiger partial charge in [0, 0.05) is 24.7 Å². The van der Waals surface area contributed by atoms with Gasteiger partial charge in [0.1, 0.15) is 23.2 Å². The molecule has 0 aliphatic carbocycles. The molecule has 0 aliphatic rings. The number of furan rings is 2. The lowest BCUT2D eigenvalue weighted by Crippen LogP contribution is -2.32. The minimum absolute atomic E-state index is 0.0571. The second kappa shape index (κ2) is 9.78. The van der Waals surface area contributed by atoms with Gasteiger partial charge in [-0.15, -0.1) is 0 Å². The van der Waals surface area contributed by atoms with Crippen LogP contribution in [0.5, 0.6) is 0 Å². The standard InChI is InChI=1S/C23H24N4O4/c1-15-16(2)31-23(20(15)11-24)26-21(28)14-27(13-19-5-4-10-30-19)12-17-6-8-18(9-7-17)22(29)25-3/h4-10H,12-14H2,1-3H3,(H,25,29)(H,26,28). The zero-order chi connectivity index (χ0) is 22.4. The predicted octanol–water partition coefficient (Wildman–Crippen LogP) is 3.36. The van der Waals surface area contributed by atoms with Gasteiger partial charge in [0.25, 0.3) is 5.91 Å². The highest BCUT2D eigenvalue weighted by Gasteiger charge is 2.19. The lowest BCUT2D eigenvalue weighted by Gasteiger charge is -2.20. The van der Waals surface area contributed by atoms with E-state index in [2.05, 4.69) is 16.7 Å². The third-order valence-electron chi connectivity index (χ3n) is 4.93. The zero-order valence-corrected chi connectivity index (χ0v) is 17.7. The summed E-state index contributed by atoms with van der Waals surface area (Å²) in [4.78, 5) is 26.3. The highest BCUT2D eigenvalue weighted by Crippen LogP contribution is 2.25. The molecule has 31 heavy (non-hydrogen) atoms. The number of benzene rings is 1. The van der Waals surface area contributed by atoms with Crippen molar-refractivity contribution in [3.05, 3.63) is 76.4 Å². The molecule has 0 saturated heterocycles. The zero-order valence-electron chi connectivity index (χ0n) is 17.7. The molecule has 2 aromatic heterocycles. The number of aryl methyl sites for hydroxylation is 1. The quantitative estimate of drug-likeness (QED) is 0.578. The van der Waals surface area contributed by atoms with E-state index in [9.17, 15) is 14.9 Å². The average Bonchev–Trinajstić information content (AvgIpc) is 3.35. The van der Waals surface area contributed by atoms with Crippen LogP contribution in [-0.2, 0) is 17.9 Å². The molecular weight excluding hydrogens is 396 g/mol. The van der Waals surface area contributed by atoms with Crippen molar-refractivity contribution in [2.45, 2.75) is 26.9 Å². The van der Waals surface area contributed by atoms with Gasteiger partial charge in [-0.2, -0.15) is 5.26 Å². The molecule has 0 bridgehead atoms. The number of rotatable bonds is 8. The molecule has 0 saturated carbocycles. The van der Waals surface area contributed by atoms with Gasteiger partial charge in [0.2, 0.25) is 11.8 Å². The van der Waals surface area contributed by atoms with Crippen molar-refractivity contribution in [3.8, 4) is 6.07 Å². The smallest absolute Gasteiger partial charge is 0.251 e. The Hall–Kier alpha value is -3.83. The van der Waals surface area contributed by atoms with Gasteiger partial charge in [0.15, 0.2) is 0 Å². The summed E-state index contributed by atoms with van der Waals surface area (Å²) < 4.78 is 11.0. The lowest BCUT2D eigenvalue weighted by molar-refractivity contribution is -0.117. The third kappa shape index (κ3) is 5.41. The summed E-state index contributed by atoms with van der Waals surface area (Å²) >= 11 is 0. The van der Waals surface area contributed by atoms with Crippen molar-refractivity contribution in [1.29, 1.82) is 5.26 Å². The minimum Gasteiger partial charge on any atom is -0.468 e. The van der Waals surface area contributed by atoms with Gasteiger partial charge < -0.3 is 14.2 Å². The van der Waals surface area contributed by atoms with Crippen molar-refractivity contribution in [2.75, 3.05) is 18.9 Å². The summed E-state index contributed by atoms with van der Waals surface area (Å²) in [7, 11) is 1.58. The van der Waals surface area contributed by atoms with Crippen LogP contribution in [0.25, 0.3) is 0 Å². The van der Waals surface area contributed by atoms with Crippen LogP contribution in [0.2, 0.25) is 0 Å². The number of carbonyl (C=O) groups excluding carboxylic acids is 2. The summed E-state index contributed by atoms with van der Waals surface area (Å²) in [6, 6.07) is 12.9. The molecule has 0 atom stereocenters. The van der Waals surface area contributed by atoms with E-state index < -0.39 is 0 Å². The molecule has 3 aromatic rings. The maximum Gasteiger partial charge on any atom is 0.251 e. The number of amides is 2. The van der Waals surface area contributed by atoms with Gasteiger partial charge in [-0.1, -0.05) is 12.1 Å². The molecule has 2 heterocycles. The van der Waals surface area contributed by atoms with E-state index >= 15 is 0 Å². The van der Waals surface area contributed by atoms with Gasteiger partial charge >= 0.3 is 0 Å². The van der Waals surface area contributed by atoms with Crippen molar-refractivity contribution in [3.63, 3.8) is 0 Å². The Kier molecular flexibility index (Phi) is 6.90. The summed E-state index contributed by atoms with van der Waals surface area (Å²) in [5.41, 5.74) is 2.54. The monoisotopic (exact) mass is 420 g/mol. The lowest BCUT2D eigenvalue weighted by atomic mass is 10.1. The molecule has 0 spiro atoms. The van der Waals surface area contributed by atoms with E-state index in [4.69, 9.17) is 8.83 Å². The molecule has 1 aromatic carbocycles. The Morgan fingerprint density at radius 3 is 2.48 bits per heavy atom. The molecule has 0 unspecified atom stereocenters. The van der Waals surface area contributed by atoms with E-state index in [1.165, 1.54) is 0 Å². The molecule has 0 aliphatic heterocycles. The first-order valence-electron chi connectivity index (χ1n) is 9.77. The van der Waals surface area contributed by atoms with Gasteiger partial charge in [-0.25, -0.2) is 0 Å². The second-order valence-corrected chi connectivity index (χ2v) is 7.15. The van der Waals surface area contributed by atoms with Crippen LogP contribution in [0, 0.1) is 25.2 Å². The first-order chi connectivity index (χ1) is 14.9. The van der Waals surface area contributed by atoms with Crippen LogP contribution in [0.4, 0.5) is 5.88 Å². The van der Waals surface area contributed by atoms with Crippen molar-refractivity contribution in [2.24, 2.45) is 0 Å². The average molecular weight is 420 g/mol. The molecule has 160 valence electrons. The molecule has 8 heteroatoms. The number of hydrogen-bond donors (Lipinski definition) is 2. The fraction of sp³-hybridized carbons (Fsp3) is 0.261. The van der Waals surface area contributed by atoms with E-state index in [1.807, 2.05) is 23.1 Å². The van der Waals surface area contributed by atoms with E-state index in [-0.39, 0.29) is 24.2 Å². The molecule has 0 fully saturated rings. The molecule has 0 radical (unpaired) electrons. The van der Waals surface area contributed by atoms with Crippen LogP contribution in [-0.4, -0.2) is 30.3 Å². The largest absolute Gasteiger partial charge is 0.468 e. The highest BCUT2D eigenvalue weighted by atomic mass is 16.4. The Morgan fingerprint density at radius 2 is 1.87 bits per heavy atom. The number of nitrogens with zero attached hydrogens (tertiary/aromatic N) is 2. The van der Waals surface area contributed by atoms with Crippen LogP contribution in [0.1, 0.15) is 38.6 Å². The number of hydrogen-bond acceptors (Lipinski definition) is 6. The summed E-state index contributed by atoms with van der Waals surface area (Å²) in [5.74, 6) is 1.01. The van der Waals surface area contributed by atoms with E-state index in [1.54, 1.807) is 45.4 Å². The van der Waals surface area contributed by atoms with Gasteiger partial charge in [-0.3, -0.25) is 19.8 Å². The van der Waals surface area contributed by atoms with Crippen molar-refractivity contribution >= 4 is 17.7 Å². The number of anilines is 1. The SMILES string of the molecule is CNC(=O)c1ccc(CN(CC(=O)Nc2oc(C)c(C)c2C#N)Cc2ccco2)cc1. The fourth-order valence-electron chi connectivity index (χ4n) is 3.17. The summed E-state index contributed by atoms with van der Waals surface area (Å²) in [6.45, 7) is 4.46. The molecule has 3 rings (SSSR count). The van der Waals surface area contributed by atoms with Crippen LogP contribution < -0.4 is 10.6 Å². The van der Waals surface area contributed by atoms with Crippen molar-refractivity contribution in [1.82, 2.24) is 10.2 Å². The molecule has 2 amide bonds. The van der Waals surface area contributed by atoms with E-state index in [0.717, 1.165) is 11.3 Å². The summed E-state index contributed by atoms with van der Waals surface area (Å²) in [6.07, 6.45) is 1.58. The highest BCUT2D eigenvalue weighted by molar-refractivity contribution is 5.94. The minimum atomic E-state index is -0.307. The Bertz CT molecular complexity index is 1090. The Labute approximate surface area is 180 Å². The molecule has 2 N–H and O–H groups in total. The number of nitriles is 1. The summed E-state index contributed by atoms with van der Waals surface area (Å²) in [5, 5.41) is 14.6. The maximum atomic E-state index is 12.7. The number of nitrogens with one attached hydrogen (secondary N) is 2. The van der Waals surface area contributed by atoms with Crippen LogP contribution >= 0.6 is 0 Å². The fourth-order valence-corrected chi connectivity index (χ4v) is 3.17. The normalized spacial score (nSPS) is 10.7. The Morgan fingerprint density at radius 1 is 1.13 bits per heavy atom. The Balaban J connectivity index is 1.73.